The van der Waals surface area contributed by atoms with Gasteiger partial charge in [0.25, 0.3) is 0 Å². The number of halogens is 3. The van der Waals surface area contributed by atoms with Gasteiger partial charge in [-0.25, -0.2) is 4.98 Å². The highest BCUT2D eigenvalue weighted by atomic mass is 19.4. The first kappa shape index (κ1) is 19.6. The van der Waals surface area contributed by atoms with Gasteiger partial charge in [-0.1, -0.05) is 12.1 Å². The summed E-state index contributed by atoms with van der Waals surface area (Å²) in [5.74, 6) is 0.939. The van der Waals surface area contributed by atoms with Crippen LogP contribution >= 0.6 is 0 Å². The number of likely N-dealkylation sites (tertiary alicyclic amines) is 1. The molecular formula is C22H23F3N4. The fraction of sp³-hybridized carbons (Fsp3) is 0.364. The molecule has 0 amide bonds. The van der Waals surface area contributed by atoms with Crippen LogP contribution in [0.5, 0.6) is 0 Å². The Kier molecular flexibility index (Phi) is 5.41. The van der Waals surface area contributed by atoms with Crippen LogP contribution in [-0.2, 0) is 19.1 Å². The van der Waals surface area contributed by atoms with Crippen molar-refractivity contribution in [3.05, 3.63) is 82.7 Å². The number of rotatable bonds is 5. The predicted molar refractivity (Wildman–Crippen MR) is 104 cm³/mol. The van der Waals surface area contributed by atoms with E-state index in [0.29, 0.717) is 6.42 Å². The summed E-state index contributed by atoms with van der Waals surface area (Å²) in [6.45, 7) is 3.71. The molecule has 0 radical (unpaired) electrons. The van der Waals surface area contributed by atoms with E-state index in [1.165, 1.54) is 0 Å². The van der Waals surface area contributed by atoms with E-state index in [-0.39, 0.29) is 6.04 Å². The molecule has 1 aromatic carbocycles. The first-order valence-corrected chi connectivity index (χ1v) is 9.74. The molecule has 3 aromatic rings. The van der Waals surface area contributed by atoms with Crippen LogP contribution in [0.4, 0.5) is 13.2 Å². The van der Waals surface area contributed by atoms with E-state index in [1.807, 2.05) is 19.2 Å². The Hall–Kier alpha value is -2.67. The molecule has 1 saturated heterocycles. The minimum Gasteiger partial charge on any atom is -0.348 e. The second-order valence-electron chi connectivity index (χ2n) is 7.58. The molecule has 1 N–H and O–H groups in total. The quantitative estimate of drug-likeness (QED) is 0.651. The highest BCUT2D eigenvalue weighted by Gasteiger charge is 2.30. The van der Waals surface area contributed by atoms with Crippen molar-refractivity contribution in [2.75, 3.05) is 6.54 Å². The summed E-state index contributed by atoms with van der Waals surface area (Å²) in [6, 6.07) is 9.72. The lowest BCUT2D eigenvalue weighted by Gasteiger charge is -2.24. The molecule has 2 aromatic heterocycles. The zero-order valence-electron chi connectivity index (χ0n) is 16.2. The minimum absolute atomic E-state index is 0.228. The van der Waals surface area contributed by atoms with Gasteiger partial charge in [-0.05, 0) is 68.1 Å². The summed E-state index contributed by atoms with van der Waals surface area (Å²) in [4.78, 5) is 14.6. The molecule has 4 rings (SSSR count). The van der Waals surface area contributed by atoms with Gasteiger partial charge in [0.15, 0.2) is 0 Å². The standard InChI is InChI=1S/C22H23F3N4/c1-15-11-17(12-16-4-6-18(7-5-16)22(23,24)25)13-19(28-15)20-3-2-10-29(20)14-21-26-8-9-27-21/h4-9,11,13,20H,2-3,10,12,14H2,1H3,(H,26,27)/t20-/m0/s1. The first-order valence-electron chi connectivity index (χ1n) is 9.74. The maximum absolute atomic E-state index is 12.8. The Balaban J connectivity index is 1.53. The molecule has 0 bridgehead atoms. The molecule has 0 unspecified atom stereocenters. The number of hydrogen-bond donors (Lipinski definition) is 1. The third kappa shape index (κ3) is 4.67. The topological polar surface area (TPSA) is 44.8 Å². The van der Waals surface area contributed by atoms with Crippen LogP contribution in [0.3, 0.4) is 0 Å². The number of H-pyrrole nitrogens is 1. The van der Waals surface area contributed by atoms with Crippen LogP contribution in [0.15, 0.2) is 48.8 Å². The number of aromatic amines is 1. The van der Waals surface area contributed by atoms with Gasteiger partial charge in [0.1, 0.15) is 5.82 Å². The highest BCUT2D eigenvalue weighted by Crippen LogP contribution is 2.33. The molecule has 4 nitrogen and oxygen atoms in total. The third-order valence-corrected chi connectivity index (χ3v) is 5.34. The van der Waals surface area contributed by atoms with Crippen LogP contribution in [0.25, 0.3) is 0 Å². The van der Waals surface area contributed by atoms with E-state index in [1.54, 1.807) is 18.3 Å². The van der Waals surface area contributed by atoms with Gasteiger partial charge in [-0.15, -0.1) is 0 Å². The van der Waals surface area contributed by atoms with E-state index in [0.717, 1.165) is 66.4 Å². The number of alkyl halides is 3. The summed E-state index contributed by atoms with van der Waals surface area (Å²) < 4.78 is 38.3. The molecule has 3 heterocycles. The lowest BCUT2D eigenvalue weighted by Crippen LogP contribution is -2.24. The van der Waals surface area contributed by atoms with Crippen molar-refractivity contribution in [3.63, 3.8) is 0 Å². The van der Waals surface area contributed by atoms with Crippen molar-refractivity contribution >= 4 is 0 Å². The highest BCUT2D eigenvalue weighted by molar-refractivity contribution is 5.32. The van der Waals surface area contributed by atoms with Crippen LogP contribution in [0, 0.1) is 6.92 Å². The monoisotopic (exact) mass is 400 g/mol. The van der Waals surface area contributed by atoms with Crippen molar-refractivity contribution < 1.29 is 13.2 Å². The number of aryl methyl sites for hydroxylation is 1. The maximum atomic E-state index is 12.8. The van der Waals surface area contributed by atoms with E-state index >= 15 is 0 Å². The largest absolute Gasteiger partial charge is 0.416 e. The van der Waals surface area contributed by atoms with Crippen LogP contribution in [-0.4, -0.2) is 26.4 Å². The fourth-order valence-corrected chi connectivity index (χ4v) is 4.02. The van der Waals surface area contributed by atoms with E-state index in [4.69, 9.17) is 4.98 Å². The van der Waals surface area contributed by atoms with Gasteiger partial charge in [0.2, 0.25) is 0 Å². The third-order valence-electron chi connectivity index (χ3n) is 5.34. The molecule has 152 valence electrons. The lowest BCUT2D eigenvalue weighted by molar-refractivity contribution is -0.137. The van der Waals surface area contributed by atoms with E-state index in [2.05, 4.69) is 20.9 Å². The zero-order chi connectivity index (χ0) is 20.4. The smallest absolute Gasteiger partial charge is 0.348 e. The molecule has 1 fully saturated rings. The Morgan fingerprint density at radius 3 is 2.62 bits per heavy atom. The maximum Gasteiger partial charge on any atom is 0.416 e. The summed E-state index contributed by atoms with van der Waals surface area (Å²) in [6.07, 6.45) is 2.01. The van der Waals surface area contributed by atoms with Crippen molar-refractivity contribution in [1.82, 2.24) is 19.9 Å². The van der Waals surface area contributed by atoms with Crippen molar-refractivity contribution in [2.24, 2.45) is 0 Å². The SMILES string of the molecule is Cc1cc(Cc2ccc(C(F)(F)F)cc2)cc([C@@H]2CCCN2Cc2ncc[nH]2)n1. The summed E-state index contributed by atoms with van der Waals surface area (Å²) >= 11 is 0. The number of pyridine rings is 1. The Morgan fingerprint density at radius 1 is 1.14 bits per heavy atom. The van der Waals surface area contributed by atoms with Gasteiger partial charge in [-0.3, -0.25) is 9.88 Å². The van der Waals surface area contributed by atoms with Gasteiger partial charge < -0.3 is 4.98 Å². The molecule has 1 aliphatic heterocycles. The lowest BCUT2D eigenvalue weighted by atomic mass is 10.0. The predicted octanol–water partition coefficient (Wildman–Crippen LogP) is 5.06. The Bertz CT molecular complexity index is 949. The molecule has 1 aliphatic rings. The normalized spacial score (nSPS) is 17.7. The van der Waals surface area contributed by atoms with Crippen molar-refractivity contribution in [3.8, 4) is 0 Å². The number of aromatic nitrogens is 3. The number of nitrogens with zero attached hydrogens (tertiary/aromatic N) is 3. The molecule has 0 spiro atoms. The van der Waals surface area contributed by atoms with Gasteiger partial charge >= 0.3 is 6.18 Å². The number of hydrogen-bond acceptors (Lipinski definition) is 3. The molecule has 0 aliphatic carbocycles. The molecular weight excluding hydrogens is 377 g/mol. The minimum atomic E-state index is -4.31. The first-order chi connectivity index (χ1) is 13.9. The van der Waals surface area contributed by atoms with Crippen LogP contribution in [0.1, 0.15) is 52.8 Å². The van der Waals surface area contributed by atoms with Crippen LogP contribution in [0.2, 0.25) is 0 Å². The fourth-order valence-electron chi connectivity index (χ4n) is 4.02. The second-order valence-corrected chi connectivity index (χ2v) is 7.58. The Labute approximate surface area is 167 Å². The van der Waals surface area contributed by atoms with Gasteiger partial charge in [0.05, 0.1) is 23.8 Å². The van der Waals surface area contributed by atoms with Crippen molar-refractivity contribution in [2.45, 2.75) is 44.9 Å². The average molecular weight is 400 g/mol. The molecule has 29 heavy (non-hydrogen) atoms. The molecule has 7 heteroatoms. The summed E-state index contributed by atoms with van der Waals surface area (Å²) in [7, 11) is 0. The number of benzene rings is 1. The van der Waals surface area contributed by atoms with Gasteiger partial charge in [-0.2, -0.15) is 13.2 Å². The number of nitrogens with one attached hydrogen (secondary N) is 1. The molecule has 1 atom stereocenters. The number of imidazole rings is 1. The summed E-state index contributed by atoms with van der Waals surface area (Å²) in [5, 5.41) is 0. The Morgan fingerprint density at radius 2 is 1.93 bits per heavy atom. The molecule has 0 saturated carbocycles. The van der Waals surface area contributed by atoms with Gasteiger partial charge in [0, 0.05) is 18.1 Å². The zero-order valence-corrected chi connectivity index (χ0v) is 16.2. The van der Waals surface area contributed by atoms with Crippen LogP contribution < -0.4 is 0 Å². The average Bonchev–Trinajstić information content (AvgIpc) is 3.33. The van der Waals surface area contributed by atoms with E-state index in [9.17, 15) is 13.2 Å². The second kappa shape index (κ2) is 7.99. The van der Waals surface area contributed by atoms with Crippen molar-refractivity contribution in [1.29, 1.82) is 0 Å². The van der Waals surface area contributed by atoms with E-state index < -0.39 is 11.7 Å². The summed E-state index contributed by atoms with van der Waals surface area (Å²) in [5.41, 5.74) is 3.25.